The Labute approximate surface area is 148 Å². The van der Waals surface area contributed by atoms with Crippen LogP contribution in [0.5, 0.6) is 5.75 Å². The quantitative estimate of drug-likeness (QED) is 0.853. The topological polar surface area (TPSA) is 28.6 Å². The van der Waals surface area contributed by atoms with Crippen molar-refractivity contribution >= 4 is 28.5 Å². The summed E-state index contributed by atoms with van der Waals surface area (Å²) in [5.74, 6) is 4.60. The van der Waals surface area contributed by atoms with Crippen molar-refractivity contribution in [2.45, 2.75) is 18.9 Å². The Balaban J connectivity index is 1.44. The second-order valence-corrected chi connectivity index (χ2v) is 7.82. The standard InChI is InChI=1S/C19H25N3OS/c1-23-17-3-4-18-15(14-17)2-5-19(20-18)22-8-6-16(7-9-22)21-10-12-24-13-11-21/h2-5,14,16H,6-13H2,1H3. The summed E-state index contributed by atoms with van der Waals surface area (Å²) < 4.78 is 5.29. The Morgan fingerprint density at radius 1 is 1.04 bits per heavy atom. The molecule has 0 radical (unpaired) electrons. The van der Waals surface area contributed by atoms with Crippen molar-refractivity contribution in [1.82, 2.24) is 9.88 Å². The third-order valence-electron chi connectivity index (χ3n) is 5.23. The van der Waals surface area contributed by atoms with Crippen LogP contribution in [-0.4, -0.2) is 60.7 Å². The van der Waals surface area contributed by atoms with Gasteiger partial charge in [0.1, 0.15) is 11.6 Å². The first-order chi connectivity index (χ1) is 11.8. The number of pyridine rings is 1. The molecule has 0 aliphatic carbocycles. The summed E-state index contributed by atoms with van der Waals surface area (Å²) in [5, 5.41) is 1.14. The maximum Gasteiger partial charge on any atom is 0.129 e. The second-order valence-electron chi connectivity index (χ2n) is 6.59. The van der Waals surface area contributed by atoms with Gasteiger partial charge in [-0.3, -0.25) is 4.90 Å². The molecule has 0 spiro atoms. The van der Waals surface area contributed by atoms with Crippen LogP contribution < -0.4 is 9.64 Å². The first-order valence-corrected chi connectivity index (χ1v) is 10.0. The number of fused-ring (bicyclic) bond motifs is 1. The summed E-state index contributed by atoms with van der Waals surface area (Å²) in [7, 11) is 1.70. The fourth-order valence-corrected chi connectivity index (χ4v) is 4.73. The van der Waals surface area contributed by atoms with E-state index in [1.807, 2.05) is 12.1 Å². The van der Waals surface area contributed by atoms with Gasteiger partial charge in [0.05, 0.1) is 12.6 Å². The van der Waals surface area contributed by atoms with Crippen molar-refractivity contribution in [2.75, 3.05) is 49.7 Å². The highest BCUT2D eigenvalue weighted by Crippen LogP contribution is 2.26. The first kappa shape index (κ1) is 16.0. The first-order valence-electron chi connectivity index (χ1n) is 8.85. The maximum atomic E-state index is 5.29. The fraction of sp³-hybridized carbons (Fsp3) is 0.526. The molecule has 1 aromatic carbocycles. The van der Waals surface area contributed by atoms with Gasteiger partial charge in [0.25, 0.3) is 0 Å². The lowest BCUT2D eigenvalue weighted by molar-refractivity contribution is 0.185. The molecular weight excluding hydrogens is 318 g/mol. The zero-order valence-corrected chi connectivity index (χ0v) is 15.1. The number of rotatable bonds is 3. The monoisotopic (exact) mass is 343 g/mol. The molecular formula is C19H25N3OS. The number of aromatic nitrogens is 1. The SMILES string of the molecule is COc1ccc2nc(N3CCC(N4CCSCC4)CC3)ccc2c1. The average molecular weight is 343 g/mol. The molecule has 0 bridgehead atoms. The molecule has 0 unspecified atom stereocenters. The smallest absolute Gasteiger partial charge is 0.129 e. The number of hydrogen-bond donors (Lipinski definition) is 0. The van der Waals surface area contributed by atoms with Crippen molar-refractivity contribution in [1.29, 1.82) is 0 Å². The molecule has 2 saturated heterocycles. The summed E-state index contributed by atoms with van der Waals surface area (Å²) in [6, 6.07) is 11.2. The van der Waals surface area contributed by atoms with E-state index in [1.54, 1.807) is 7.11 Å². The normalized spacial score (nSPS) is 20.5. The highest BCUT2D eigenvalue weighted by atomic mass is 32.2. The van der Waals surface area contributed by atoms with Crippen LogP contribution in [0.2, 0.25) is 0 Å². The lowest BCUT2D eigenvalue weighted by Crippen LogP contribution is -2.47. The lowest BCUT2D eigenvalue weighted by Gasteiger charge is -2.40. The number of piperidine rings is 1. The van der Waals surface area contributed by atoms with E-state index in [4.69, 9.17) is 9.72 Å². The minimum absolute atomic E-state index is 0.770. The van der Waals surface area contributed by atoms with Crippen LogP contribution in [-0.2, 0) is 0 Å². The van der Waals surface area contributed by atoms with Crippen LogP contribution in [0, 0.1) is 0 Å². The highest BCUT2D eigenvalue weighted by Gasteiger charge is 2.26. The largest absolute Gasteiger partial charge is 0.497 e. The molecule has 2 fully saturated rings. The highest BCUT2D eigenvalue weighted by molar-refractivity contribution is 7.99. The van der Waals surface area contributed by atoms with Crippen LogP contribution >= 0.6 is 11.8 Å². The number of nitrogens with zero attached hydrogens (tertiary/aromatic N) is 3. The van der Waals surface area contributed by atoms with Gasteiger partial charge in [0, 0.05) is 49.1 Å². The minimum atomic E-state index is 0.770. The van der Waals surface area contributed by atoms with E-state index in [2.05, 4.69) is 39.8 Å². The van der Waals surface area contributed by atoms with Gasteiger partial charge in [-0.15, -0.1) is 0 Å². The number of anilines is 1. The molecule has 0 amide bonds. The summed E-state index contributed by atoms with van der Waals surface area (Å²) in [5.41, 5.74) is 1.04. The van der Waals surface area contributed by atoms with Gasteiger partial charge in [0.2, 0.25) is 0 Å². The lowest BCUT2D eigenvalue weighted by atomic mass is 10.0. The average Bonchev–Trinajstić information content (AvgIpc) is 2.68. The van der Waals surface area contributed by atoms with E-state index in [9.17, 15) is 0 Å². The van der Waals surface area contributed by atoms with E-state index in [1.165, 1.54) is 37.4 Å². The van der Waals surface area contributed by atoms with E-state index >= 15 is 0 Å². The molecule has 1 aromatic heterocycles. The van der Waals surface area contributed by atoms with Gasteiger partial charge in [-0.25, -0.2) is 4.98 Å². The van der Waals surface area contributed by atoms with Gasteiger partial charge in [-0.05, 0) is 43.2 Å². The van der Waals surface area contributed by atoms with E-state index in [0.29, 0.717) is 0 Å². The molecule has 128 valence electrons. The Hall–Kier alpha value is -1.46. The van der Waals surface area contributed by atoms with Crippen LogP contribution in [0.3, 0.4) is 0 Å². The molecule has 24 heavy (non-hydrogen) atoms. The molecule has 2 aromatic rings. The predicted octanol–water partition coefficient (Wildman–Crippen LogP) is 3.26. The molecule has 0 atom stereocenters. The van der Waals surface area contributed by atoms with Crippen LogP contribution in [0.25, 0.3) is 10.9 Å². The van der Waals surface area contributed by atoms with Gasteiger partial charge in [-0.1, -0.05) is 0 Å². The van der Waals surface area contributed by atoms with Crippen molar-refractivity contribution in [3.05, 3.63) is 30.3 Å². The number of benzene rings is 1. The van der Waals surface area contributed by atoms with Crippen molar-refractivity contribution in [2.24, 2.45) is 0 Å². The van der Waals surface area contributed by atoms with Crippen molar-refractivity contribution < 1.29 is 4.74 Å². The molecule has 4 nitrogen and oxygen atoms in total. The summed E-state index contributed by atoms with van der Waals surface area (Å²) in [6.45, 7) is 4.77. The molecule has 0 saturated carbocycles. The third kappa shape index (κ3) is 3.33. The Bertz CT molecular complexity index is 694. The van der Waals surface area contributed by atoms with Crippen LogP contribution in [0.1, 0.15) is 12.8 Å². The third-order valence-corrected chi connectivity index (χ3v) is 6.17. The minimum Gasteiger partial charge on any atom is -0.497 e. The molecule has 5 heteroatoms. The van der Waals surface area contributed by atoms with E-state index in [0.717, 1.165) is 41.6 Å². The molecule has 2 aliphatic rings. The Morgan fingerprint density at radius 3 is 2.58 bits per heavy atom. The van der Waals surface area contributed by atoms with Gasteiger partial charge < -0.3 is 9.64 Å². The summed E-state index contributed by atoms with van der Waals surface area (Å²) in [6.07, 6.45) is 2.51. The van der Waals surface area contributed by atoms with Crippen LogP contribution in [0.15, 0.2) is 30.3 Å². The molecule has 4 rings (SSSR count). The summed E-state index contributed by atoms with van der Waals surface area (Å²) in [4.78, 5) is 10.0. The van der Waals surface area contributed by atoms with E-state index < -0.39 is 0 Å². The maximum absolute atomic E-state index is 5.29. The van der Waals surface area contributed by atoms with Gasteiger partial charge in [0.15, 0.2) is 0 Å². The Kier molecular flexibility index (Phi) is 4.81. The molecule has 3 heterocycles. The number of hydrogen-bond acceptors (Lipinski definition) is 5. The van der Waals surface area contributed by atoms with Gasteiger partial charge in [-0.2, -0.15) is 11.8 Å². The second kappa shape index (κ2) is 7.19. The molecule has 0 N–H and O–H groups in total. The van der Waals surface area contributed by atoms with Gasteiger partial charge >= 0.3 is 0 Å². The molecule has 2 aliphatic heterocycles. The Morgan fingerprint density at radius 2 is 1.83 bits per heavy atom. The van der Waals surface area contributed by atoms with Crippen molar-refractivity contribution in [3.8, 4) is 5.75 Å². The van der Waals surface area contributed by atoms with Crippen LogP contribution in [0.4, 0.5) is 5.82 Å². The number of methoxy groups -OCH3 is 1. The van der Waals surface area contributed by atoms with E-state index in [-0.39, 0.29) is 0 Å². The van der Waals surface area contributed by atoms with Crippen molar-refractivity contribution in [3.63, 3.8) is 0 Å². The number of ether oxygens (including phenoxy) is 1. The number of thioether (sulfide) groups is 1. The summed E-state index contributed by atoms with van der Waals surface area (Å²) >= 11 is 2.09. The zero-order valence-electron chi connectivity index (χ0n) is 14.3. The predicted molar refractivity (Wildman–Crippen MR) is 102 cm³/mol. The fourth-order valence-electron chi connectivity index (χ4n) is 3.80. The zero-order chi connectivity index (χ0) is 16.4.